The minimum Gasteiger partial charge on any atom is -0.395 e. The quantitative estimate of drug-likeness (QED) is 0.839. The smallest absolute Gasteiger partial charge is 0.157 e. The number of rotatable bonds is 7. The Hall–Kier alpha value is -1.66. The van der Waals surface area contributed by atoms with Gasteiger partial charge in [0, 0.05) is 38.0 Å². The number of aryl methyl sites for hydroxylation is 1. The minimum absolute atomic E-state index is 0.263. The molecule has 2 aromatic heterocycles. The van der Waals surface area contributed by atoms with E-state index in [2.05, 4.69) is 39.9 Å². The first-order valence-electron chi connectivity index (χ1n) is 9.09. The van der Waals surface area contributed by atoms with E-state index in [1.807, 2.05) is 16.8 Å². The molecule has 2 aromatic rings. The molecular formula is C18H29N5O. The molecule has 1 aliphatic heterocycles. The Kier molecular flexibility index (Phi) is 5.68. The predicted molar refractivity (Wildman–Crippen MR) is 96.5 cm³/mol. The molecule has 0 atom stereocenters. The lowest BCUT2D eigenvalue weighted by atomic mass is 9.96. The van der Waals surface area contributed by atoms with Crippen LogP contribution >= 0.6 is 0 Å². The average molecular weight is 331 g/mol. The van der Waals surface area contributed by atoms with E-state index < -0.39 is 0 Å². The lowest BCUT2D eigenvalue weighted by Gasteiger charge is -2.34. The molecule has 0 spiro atoms. The standard InChI is InChI=1S/C18H29N5O/c1-3-4-16-13-18(23-17(20-16)5-8-19-23)21(2)14-15-6-9-22(10-7-15)11-12-24/h5,8,13,15,24H,3-4,6-7,9-12,14H2,1-2H3. The van der Waals surface area contributed by atoms with E-state index in [4.69, 9.17) is 5.11 Å². The second-order valence-electron chi connectivity index (χ2n) is 6.85. The third kappa shape index (κ3) is 3.87. The average Bonchev–Trinajstić information content (AvgIpc) is 3.05. The third-order valence-electron chi connectivity index (χ3n) is 4.95. The maximum Gasteiger partial charge on any atom is 0.157 e. The molecule has 6 heteroatoms. The SMILES string of the molecule is CCCc1cc(N(C)CC2CCN(CCO)CC2)n2nccc2n1. The number of β-amino-alcohol motifs (C(OH)–C–C–N with tert-alkyl or cyclic N) is 1. The van der Waals surface area contributed by atoms with Crippen LogP contribution in [0, 0.1) is 5.92 Å². The van der Waals surface area contributed by atoms with Crippen molar-refractivity contribution in [3.8, 4) is 0 Å². The summed E-state index contributed by atoms with van der Waals surface area (Å²) in [6.45, 7) is 6.48. The number of fused-ring (bicyclic) bond motifs is 1. The molecule has 0 bridgehead atoms. The van der Waals surface area contributed by atoms with Gasteiger partial charge in [-0.05, 0) is 38.3 Å². The lowest BCUT2D eigenvalue weighted by Crippen LogP contribution is -2.39. The van der Waals surface area contributed by atoms with Crippen molar-refractivity contribution in [2.75, 3.05) is 44.7 Å². The zero-order valence-electron chi connectivity index (χ0n) is 14.9. The first-order chi connectivity index (χ1) is 11.7. The molecule has 0 saturated carbocycles. The molecule has 3 heterocycles. The van der Waals surface area contributed by atoms with Crippen molar-refractivity contribution < 1.29 is 5.11 Å². The molecule has 3 rings (SSSR count). The van der Waals surface area contributed by atoms with Crippen molar-refractivity contribution >= 4 is 11.5 Å². The fourth-order valence-electron chi connectivity index (χ4n) is 3.62. The molecule has 1 N–H and O–H groups in total. The van der Waals surface area contributed by atoms with Crippen molar-refractivity contribution in [1.82, 2.24) is 19.5 Å². The highest BCUT2D eigenvalue weighted by molar-refractivity contribution is 5.50. The van der Waals surface area contributed by atoms with Gasteiger partial charge in [-0.15, -0.1) is 0 Å². The molecule has 1 aliphatic rings. The Morgan fingerprint density at radius 2 is 2.12 bits per heavy atom. The molecule has 0 aliphatic carbocycles. The van der Waals surface area contributed by atoms with Crippen LogP contribution in [0.5, 0.6) is 0 Å². The highest BCUT2D eigenvalue weighted by atomic mass is 16.3. The number of aliphatic hydroxyl groups is 1. The van der Waals surface area contributed by atoms with Gasteiger partial charge in [0.15, 0.2) is 5.65 Å². The van der Waals surface area contributed by atoms with Gasteiger partial charge in [-0.2, -0.15) is 9.61 Å². The summed E-state index contributed by atoms with van der Waals surface area (Å²) in [6.07, 6.45) is 6.31. The van der Waals surface area contributed by atoms with E-state index in [-0.39, 0.29) is 6.61 Å². The Labute approximate surface area is 144 Å². The number of nitrogens with zero attached hydrogens (tertiary/aromatic N) is 5. The first-order valence-corrected chi connectivity index (χ1v) is 9.09. The number of aromatic nitrogens is 3. The summed E-state index contributed by atoms with van der Waals surface area (Å²) in [5.41, 5.74) is 2.07. The molecule has 0 radical (unpaired) electrons. The minimum atomic E-state index is 0.263. The van der Waals surface area contributed by atoms with Gasteiger partial charge in [-0.1, -0.05) is 13.3 Å². The number of aliphatic hydroxyl groups excluding tert-OH is 1. The van der Waals surface area contributed by atoms with Gasteiger partial charge in [0.25, 0.3) is 0 Å². The van der Waals surface area contributed by atoms with E-state index >= 15 is 0 Å². The number of piperidine rings is 1. The Balaban J connectivity index is 1.69. The van der Waals surface area contributed by atoms with Gasteiger partial charge >= 0.3 is 0 Å². The van der Waals surface area contributed by atoms with Crippen LogP contribution in [0.3, 0.4) is 0 Å². The van der Waals surface area contributed by atoms with Crippen LogP contribution < -0.4 is 4.90 Å². The molecule has 0 unspecified atom stereocenters. The Bertz CT molecular complexity index is 648. The van der Waals surface area contributed by atoms with Crippen molar-refractivity contribution in [3.05, 3.63) is 24.0 Å². The number of hydrogen-bond donors (Lipinski definition) is 1. The Morgan fingerprint density at radius 3 is 2.83 bits per heavy atom. The van der Waals surface area contributed by atoms with Gasteiger partial charge in [-0.3, -0.25) is 0 Å². The van der Waals surface area contributed by atoms with E-state index in [0.29, 0.717) is 5.92 Å². The van der Waals surface area contributed by atoms with Crippen molar-refractivity contribution in [2.24, 2.45) is 5.92 Å². The van der Waals surface area contributed by atoms with Crippen molar-refractivity contribution in [3.63, 3.8) is 0 Å². The zero-order valence-corrected chi connectivity index (χ0v) is 14.9. The van der Waals surface area contributed by atoms with Gasteiger partial charge in [0.05, 0.1) is 12.8 Å². The van der Waals surface area contributed by atoms with E-state index in [1.54, 1.807) is 0 Å². The maximum atomic E-state index is 9.06. The molecule has 0 aromatic carbocycles. The van der Waals surface area contributed by atoms with Crippen LogP contribution in [0.2, 0.25) is 0 Å². The van der Waals surface area contributed by atoms with Crippen LogP contribution in [0.4, 0.5) is 5.82 Å². The second-order valence-corrected chi connectivity index (χ2v) is 6.85. The van der Waals surface area contributed by atoms with Crippen LogP contribution in [-0.4, -0.2) is 64.4 Å². The van der Waals surface area contributed by atoms with Gasteiger partial charge < -0.3 is 14.9 Å². The van der Waals surface area contributed by atoms with Crippen LogP contribution in [0.1, 0.15) is 31.9 Å². The summed E-state index contributed by atoms with van der Waals surface area (Å²) in [5.74, 6) is 1.82. The molecule has 1 fully saturated rings. The molecule has 6 nitrogen and oxygen atoms in total. The summed E-state index contributed by atoms with van der Waals surface area (Å²) in [5, 5.41) is 13.5. The highest BCUT2D eigenvalue weighted by Crippen LogP contribution is 2.22. The molecule has 24 heavy (non-hydrogen) atoms. The highest BCUT2D eigenvalue weighted by Gasteiger charge is 2.21. The topological polar surface area (TPSA) is 56.9 Å². The fourth-order valence-corrected chi connectivity index (χ4v) is 3.62. The summed E-state index contributed by atoms with van der Waals surface area (Å²) >= 11 is 0. The van der Waals surface area contributed by atoms with E-state index in [9.17, 15) is 0 Å². The molecule has 132 valence electrons. The monoisotopic (exact) mass is 331 g/mol. The summed E-state index contributed by atoms with van der Waals surface area (Å²) in [7, 11) is 2.16. The number of hydrogen-bond acceptors (Lipinski definition) is 5. The summed E-state index contributed by atoms with van der Waals surface area (Å²) in [4.78, 5) is 9.37. The zero-order chi connectivity index (χ0) is 16.9. The molecule has 1 saturated heterocycles. The van der Waals surface area contributed by atoms with Gasteiger partial charge in [0.1, 0.15) is 5.82 Å². The van der Waals surface area contributed by atoms with Crippen LogP contribution in [0.25, 0.3) is 5.65 Å². The van der Waals surface area contributed by atoms with Crippen molar-refractivity contribution in [1.29, 1.82) is 0 Å². The maximum absolute atomic E-state index is 9.06. The Morgan fingerprint density at radius 1 is 1.33 bits per heavy atom. The summed E-state index contributed by atoms with van der Waals surface area (Å²) in [6, 6.07) is 4.16. The van der Waals surface area contributed by atoms with Gasteiger partial charge in [-0.25, -0.2) is 4.98 Å². The van der Waals surface area contributed by atoms with Gasteiger partial charge in [0.2, 0.25) is 0 Å². The molecular weight excluding hydrogens is 302 g/mol. The predicted octanol–water partition coefficient (Wildman–Crippen LogP) is 1.82. The third-order valence-corrected chi connectivity index (χ3v) is 4.95. The van der Waals surface area contributed by atoms with Crippen molar-refractivity contribution in [2.45, 2.75) is 32.6 Å². The van der Waals surface area contributed by atoms with E-state index in [0.717, 1.165) is 56.2 Å². The largest absolute Gasteiger partial charge is 0.395 e. The number of anilines is 1. The normalized spacial score (nSPS) is 16.8. The van der Waals surface area contributed by atoms with Crippen LogP contribution in [0.15, 0.2) is 18.3 Å². The fraction of sp³-hybridized carbons (Fsp3) is 0.667. The first kappa shape index (κ1) is 17.2. The second kappa shape index (κ2) is 7.94. The van der Waals surface area contributed by atoms with E-state index in [1.165, 1.54) is 12.8 Å². The molecule has 0 amide bonds. The summed E-state index contributed by atoms with van der Waals surface area (Å²) < 4.78 is 1.94. The number of likely N-dealkylation sites (tertiary alicyclic amines) is 1. The van der Waals surface area contributed by atoms with Crippen LogP contribution in [-0.2, 0) is 6.42 Å². The lowest BCUT2D eigenvalue weighted by molar-refractivity contribution is 0.149.